The van der Waals surface area contributed by atoms with Gasteiger partial charge in [0.25, 0.3) is 5.91 Å². The largest absolute Gasteiger partial charge is 0.497 e. The Bertz CT molecular complexity index is 717. The van der Waals surface area contributed by atoms with E-state index < -0.39 is 23.8 Å². The first-order valence-corrected chi connectivity index (χ1v) is 6.91. The molecule has 2 aromatic carbocycles. The highest BCUT2D eigenvalue weighted by Gasteiger charge is 2.21. The maximum Gasteiger partial charge on any atom is 0.341 e. The molecule has 1 amide bonds. The molecule has 2 rings (SSSR count). The molecule has 0 aliphatic heterocycles. The van der Waals surface area contributed by atoms with Crippen LogP contribution in [0.15, 0.2) is 48.5 Å². The highest BCUT2D eigenvalue weighted by molar-refractivity contribution is 5.97. The molecule has 6 heteroatoms. The summed E-state index contributed by atoms with van der Waals surface area (Å²) in [5.74, 6) is -1.53. The van der Waals surface area contributed by atoms with Crippen LogP contribution in [0.2, 0.25) is 0 Å². The summed E-state index contributed by atoms with van der Waals surface area (Å²) in [7, 11) is 1.51. The minimum Gasteiger partial charge on any atom is -0.497 e. The number of amides is 1. The molecule has 1 N–H and O–H groups in total. The molecule has 2 aromatic rings. The van der Waals surface area contributed by atoms with Crippen molar-refractivity contribution >= 4 is 17.6 Å². The molecule has 0 heterocycles. The number of benzene rings is 2. The maximum atomic E-state index is 13.5. The summed E-state index contributed by atoms with van der Waals surface area (Å²) in [5.41, 5.74) is 0.289. The number of carbonyl (C=O) groups excluding carboxylic acids is 2. The van der Waals surface area contributed by atoms with Crippen LogP contribution in [0.3, 0.4) is 0 Å². The number of methoxy groups -OCH3 is 1. The van der Waals surface area contributed by atoms with Crippen LogP contribution >= 0.6 is 0 Å². The zero-order valence-electron chi connectivity index (χ0n) is 12.7. The standard InChI is InChI=1S/C17H16FNO4/c1-11(23-17(21)14-8-3-4-9-15(14)18)16(20)19-12-6-5-7-13(10-12)22-2/h3-11H,1-2H3,(H,19,20)/t11-/m0/s1. The molecule has 0 aliphatic carbocycles. The van der Waals surface area contributed by atoms with Gasteiger partial charge in [0.05, 0.1) is 12.7 Å². The van der Waals surface area contributed by atoms with Gasteiger partial charge in [-0.25, -0.2) is 9.18 Å². The Labute approximate surface area is 133 Å². The summed E-state index contributed by atoms with van der Waals surface area (Å²) in [6.45, 7) is 1.41. The number of halogens is 1. The average Bonchev–Trinajstić information content (AvgIpc) is 2.55. The number of nitrogens with one attached hydrogen (secondary N) is 1. The van der Waals surface area contributed by atoms with Crippen molar-refractivity contribution in [2.75, 3.05) is 12.4 Å². The predicted molar refractivity (Wildman–Crippen MR) is 82.9 cm³/mol. The molecule has 23 heavy (non-hydrogen) atoms. The third-order valence-corrected chi connectivity index (χ3v) is 3.08. The lowest BCUT2D eigenvalue weighted by molar-refractivity contribution is -0.123. The molecule has 0 saturated heterocycles. The van der Waals surface area contributed by atoms with E-state index in [1.807, 2.05) is 0 Å². The zero-order valence-corrected chi connectivity index (χ0v) is 12.7. The van der Waals surface area contributed by atoms with Crippen LogP contribution in [0.1, 0.15) is 17.3 Å². The van der Waals surface area contributed by atoms with Crippen LogP contribution in [0, 0.1) is 5.82 Å². The Morgan fingerprint density at radius 2 is 1.87 bits per heavy atom. The Balaban J connectivity index is 1.99. The van der Waals surface area contributed by atoms with Crippen molar-refractivity contribution in [3.05, 3.63) is 59.9 Å². The van der Waals surface area contributed by atoms with Crippen molar-refractivity contribution < 1.29 is 23.5 Å². The molecule has 0 aromatic heterocycles. The fraction of sp³-hybridized carbons (Fsp3) is 0.176. The fourth-order valence-corrected chi connectivity index (χ4v) is 1.85. The van der Waals surface area contributed by atoms with E-state index in [1.165, 1.54) is 32.2 Å². The molecule has 5 nitrogen and oxygen atoms in total. The van der Waals surface area contributed by atoms with Crippen LogP contribution in [-0.4, -0.2) is 25.1 Å². The molecule has 0 bridgehead atoms. The number of rotatable bonds is 5. The summed E-state index contributed by atoms with van der Waals surface area (Å²) in [4.78, 5) is 23.9. The van der Waals surface area contributed by atoms with Crippen molar-refractivity contribution in [1.82, 2.24) is 0 Å². The van der Waals surface area contributed by atoms with Gasteiger partial charge in [-0.3, -0.25) is 4.79 Å². The second-order valence-electron chi connectivity index (χ2n) is 4.75. The van der Waals surface area contributed by atoms with Gasteiger partial charge in [-0.15, -0.1) is 0 Å². The van der Waals surface area contributed by atoms with E-state index in [9.17, 15) is 14.0 Å². The summed E-state index contributed by atoms with van der Waals surface area (Å²) < 4.78 is 23.5. The minimum atomic E-state index is -1.08. The Morgan fingerprint density at radius 3 is 2.57 bits per heavy atom. The SMILES string of the molecule is COc1cccc(NC(=O)[C@H](C)OC(=O)c2ccccc2F)c1. The van der Waals surface area contributed by atoms with Gasteiger partial charge in [-0.05, 0) is 31.2 Å². The number of hydrogen-bond acceptors (Lipinski definition) is 4. The average molecular weight is 317 g/mol. The number of esters is 1. The van der Waals surface area contributed by atoms with Crippen molar-refractivity contribution in [2.45, 2.75) is 13.0 Å². The lowest BCUT2D eigenvalue weighted by Gasteiger charge is -2.14. The monoisotopic (exact) mass is 317 g/mol. The normalized spacial score (nSPS) is 11.4. The Kier molecular flexibility index (Phi) is 5.30. The molecule has 0 radical (unpaired) electrons. The first-order chi connectivity index (χ1) is 11.0. The lowest BCUT2D eigenvalue weighted by atomic mass is 10.2. The molecule has 120 valence electrons. The third-order valence-electron chi connectivity index (χ3n) is 3.08. The van der Waals surface area contributed by atoms with E-state index in [0.29, 0.717) is 11.4 Å². The van der Waals surface area contributed by atoms with Crippen molar-refractivity contribution in [1.29, 1.82) is 0 Å². The van der Waals surface area contributed by atoms with Gasteiger partial charge in [0, 0.05) is 11.8 Å². The van der Waals surface area contributed by atoms with Gasteiger partial charge in [0.15, 0.2) is 6.10 Å². The molecule has 0 unspecified atom stereocenters. The summed E-state index contributed by atoms with van der Waals surface area (Å²) >= 11 is 0. The zero-order chi connectivity index (χ0) is 16.8. The van der Waals surface area contributed by atoms with Gasteiger partial charge < -0.3 is 14.8 Å². The molecule has 0 saturated carbocycles. The van der Waals surface area contributed by atoms with Gasteiger partial charge in [-0.2, -0.15) is 0 Å². The van der Waals surface area contributed by atoms with E-state index in [4.69, 9.17) is 9.47 Å². The highest BCUT2D eigenvalue weighted by Crippen LogP contribution is 2.17. The van der Waals surface area contributed by atoms with Crippen LogP contribution in [-0.2, 0) is 9.53 Å². The van der Waals surface area contributed by atoms with E-state index in [-0.39, 0.29) is 5.56 Å². The lowest BCUT2D eigenvalue weighted by Crippen LogP contribution is -2.30. The van der Waals surface area contributed by atoms with E-state index in [2.05, 4.69) is 5.32 Å². The second kappa shape index (κ2) is 7.40. The summed E-state index contributed by atoms with van der Waals surface area (Å²) in [5, 5.41) is 2.60. The van der Waals surface area contributed by atoms with Gasteiger partial charge in [0.2, 0.25) is 0 Å². The van der Waals surface area contributed by atoms with Crippen LogP contribution < -0.4 is 10.1 Å². The molecule has 1 atom stereocenters. The van der Waals surface area contributed by atoms with Crippen LogP contribution in [0.25, 0.3) is 0 Å². The van der Waals surface area contributed by atoms with Crippen molar-refractivity contribution in [2.24, 2.45) is 0 Å². The topological polar surface area (TPSA) is 64.6 Å². The van der Waals surface area contributed by atoms with E-state index in [1.54, 1.807) is 24.3 Å². The summed E-state index contributed by atoms with van der Waals surface area (Å²) in [6, 6.07) is 12.2. The van der Waals surface area contributed by atoms with Crippen LogP contribution in [0.5, 0.6) is 5.75 Å². The minimum absolute atomic E-state index is 0.214. The maximum absolute atomic E-state index is 13.5. The quantitative estimate of drug-likeness (QED) is 0.861. The third kappa shape index (κ3) is 4.29. The Hall–Kier alpha value is -2.89. The molecular weight excluding hydrogens is 301 g/mol. The molecule has 0 fully saturated rings. The number of anilines is 1. The van der Waals surface area contributed by atoms with E-state index >= 15 is 0 Å². The second-order valence-corrected chi connectivity index (χ2v) is 4.75. The van der Waals surface area contributed by atoms with Crippen molar-refractivity contribution in [3.8, 4) is 5.75 Å². The first kappa shape index (κ1) is 16.5. The fourth-order valence-electron chi connectivity index (χ4n) is 1.85. The van der Waals surface area contributed by atoms with Crippen molar-refractivity contribution in [3.63, 3.8) is 0 Å². The van der Waals surface area contributed by atoms with Gasteiger partial charge in [-0.1, -0.05) is 18.2 Å². The van der Waals surface area contributed by atoms with Gasteiger partial charge in [0.1, 0.15) is 11.6 Å². The predicted octanol–water partition coefficient (Wildman–Crippen LogP) is 3.02. The number of carbonyl (C=O) groups is 2. The van der Waals surface area contributed by atoms with Gasteiger partial charge >= 0.3 is 5.97 Å². The van der Waals surface area contributed by atoms with Crippen LogP contribution in [0.4, 0.5) is 10.1 Å². The molecule has 0 spiro atoms. The number of hydrogen-bond donors (Lipinski definition) is 1. The number of ether oxygens (including phenoxy) is 2. The Morgan fingerprint density at radius 1 is 1.13 bits per heavy atom. The molecular formula is C17H16FNO4. The summed E-state index contributed by atoms with van der Waals surface area (Å²) in [6.07, 6.45) is -1.08. The molecule has 0 aliphatic rings. The van der Waals surface area contributed by atoms with E-state index in [0.717, 1.165) is 6.07 Å². The first-order valence-electron chi connectivity index (χ1n) is 6.91. The highest BCUT2D eigenvalue weighted by atomic mass is 19.1. The smallest absolute Gasteiger partial charge is 0.341 e.